The average molecular weight is 397 g/mol. The summed E-state index contributed by atoms with van der Waals surface area (Å²) in [6.07, 6.45) is 0. The fourth-order valence-electron chi connectivity index (χ4n) is 2.93. The highest BCUT2D eigenvalue weighted by Crippen LogP contribution is 2.19. The Morgan fingerprint density at radius 2 is 1.82 bits per heavy atom. The predicted octanol–water partition coefficient (Wildman–Crippen LogP) is 4.54. The molecule has 3 aromatic rings. The van der Waals surface area contributed by atoms with Crippen molar-refractivity contribution in [1.29, 1.82) is 0 Å². The third-order valence-electron chi connectivity index (χ3n) is 4.46. The lowest BCUT2D eigenvalue weighted by molar-refractivity contribution is -0.124. The molecule has 144 valence electrons. The summed E-state index contributed by atoms with van der Waals surface area (Å²) in [5.74, 6) is -0.944. The molecular weight excluding hydrogens is 376 g/mol. The van der Waals surface area contributed by atoms with Crippen LogP contribution in [-0.4, -0.2) is 23.5 Å². The molecule has 0 spiro atoms. The van der Waals surface area contributed by atoms with Gasteiger partial charge in [0.05, 0.1) is 22.8 Å². The van der Waals surface area contributed by atoms with E-state index in [9.17, 15) is 9.59 Å². The molecule has 0 radical (unpaired) electrons. The van der Waals surface area contributed by atoms with Crippen LogP contribution in [0, 0.1) is 13.8 Å². The standard InChI is InChI=1S/C22H21ClN2O3/c1-13-4-9-20-17(10-13)11-19(15(3)24-20)22(27)28-12-21(26)25-14(2)16-5-7-18(23)8-6-16/h4-11,14H,12H2,1-3H3,(H,25,26). The van der Waals surface area contributed by atoms with Crippen molar-refractivity contribution in [2.45, 2.75) is 26.8 Å². The Morgan fingerprint density at radius 1 is 1.11 bits per heavy atom. The molecule has 6 heteroatoms. The zero-order valence-corrected chi connectivity index (χ0v) is 16.7. The van der Waals surface area contributed by atoms with E-state index >= 15 is 0 Å². The lowest BCUT2D eigenvalue weighted by atomic mass is 10.1. The topological polar surface area (TPSA) is 68.3 Å². The lowest BCUT2D eigenvalue weighted by Crippen LogP contribution is -2.31. The zero-order chi connectivity index (χ0) is 20.3. The largest absolute Gasteiger partial charge is 0.452 e. The van der Waals surface area contributed by atoms with Gasteiger partial charge in [0.15, 0.2) is 6.61 Å². The first-order chi connectivity index (χ1) is 13.3. The monoisotopic (exact) mass is 396 g/mol. The summed E-state index contributed by atoms with van der Waals surface area (Å²) in [7, 11) is 0. The van der Waals surface area contributed by atoms with Crippen molar-refractivity contribution in [2.24, 2.45) is 0 Å². The molecule has 1 heterocycles. The maximum atomic E-state index is 12.4. The number of hydrogen-bond donors (Lipinski definition) is 1. The molecule has 1 unspecified atom stereocenters. The number of nitrogens with one attached hydrogen (secondary N) is 1. The number of rotatable bonds is 5. The molecular formula is C22H21ClN2O3. The first-order valence-corrected chi connectivity index (χ1v) is 9.31. The fourth-order valence-corrected chi connectivity index (χ4v) is 3.05. The zero-order valence-electron chi connectivity index (χ0n) is 16.0. The van der Waals surface area contributed by atoms with Crippen LogP contribution in [0.2, 0.25) is 5.02 Å². The van der Waals surface area contributed by atoms with Crippen LogP contribution in [-0.2, 0) is 9.53 Å². The van der Waals surface area contributed by atoms with Gasteiger partial charge in [-0.3, -0.25) is 9.78 Å². The van der Waals surface area contributed by atoms with Gasteiger partial charge in [-0.2, -0.15) is 0 Å². The lowest BCUT2D eigenvalue weighted by Gasteiger charge is -2.15. The molecule has 0 bridgehead atoms. The summed E-state index contributed by atoms with van der Waals surface area (Å²) in [5, 5.41) is 4.29. The van der Waals surface area contributed by atoms with Crippen molar-refractivity contribution in [2.75, 3.05) is 6.61 Å². The Hall–Kier alpha value is -2.92. The number of halogens is 1. The van der Waals surface area contributed by atoms with Crippen LogP contribution < -0.4 is 5.32 Å². The van der Waals surface area contributed by atoms with E-state index in [1.165, 1.54) is 0 Å². The molecule has 0 fully saturated rings. The highest BCUT2D eigenvalue weighted by atomic mass is 35.5. The maximum Gasteiger partial charge on any atom is 0.340 e. The van der Waals surface area contributed by atoms with E-state index in [2.05, 4.69) is 10.3 Å². The van der Waals surface area contributed by atoms with Crippen LogP contribution in [0.3, 0.4) is 0 Å². The predicted molar refractivity (Wildman–Crippen MR) is 110 cm³/mol. The van der Waals surface area contributed by atoms with E-state index in [1.807, 2.05) is 44.2 Å². The van der Waals surface area contributed by atoms with E-state index in [0.29, 0.717) is 16.3 Å². The van der Waals surface area contributed by atoms with Crippen molar-refractivity contribution in [3.63, 3.8) is 0 Å². The Labute approximate surface area is 168 Å². The van der Waals surface area contributed by atoms with Gasteiger partial charge in [-0.1, -0.05) is 35.4 Å². The Morgan fingerprint density at radius 3 is 2.54 bits per heavy atom. The van der Waals surface area contributed by atoms with Crippen LogP contribution in [0.25, 0.3) is 10.9 Å². The highest BCUT2D eigenvalue weighted by molar-refractivity contribution is 6.30. The van der Waals surface area contributed by atoms with E-state index in [1.54, 1.807) is 25.1 Å². The quantitative estimate of drug-likeness (QED) is 0.643. The summed E-state index contributed by atoms with van der Waals surface area (Å²) >= 11 is 5.87. The highest BCUT2D eigenvalue weighted by Gasteiger charge is 2.16. The Balaban J connectivity index is 1.63. The molecule has 1 aromatic heterocycles. The SMILES string of the molecule is Cc1ccc2nc(C)c(C(=O)OCC(=O)NC(C)c3ccc(Cl)cc3)cc2c1. The molecule has 0 saturated heterocycles. The summed E-state index contributed by atoms with van der Waals surface area (Å²) in [6.45, 7) is 5.22. The van der Waals surface area contributed by atoms with Crippen LogP contribution in [0.15, 0.2) is 48.5 Å². The molecule has 0 aliphatic rings. The van der Waals surface area contributed by atoms with E-state index in [-0.39, 0.29) is 18.6 Å². The molecule has 1 amide bonds. The van der Waals surface area contributed by atoms with Crippen LogP contribution in [0.4, 0.5) is 0 Å². The molecule has 0 aliphatic heterocycles. The second kappa shape index (κ2) is 8.40. The molecule has 0 saturated carbocycles. The number of aryl methyl sites for hydroxylation is 2. The van der Waals surface area contributed by atoms with E-state index < -0.39 is 5.97 Å². The first kappa shape index (κ1) is 19.8. The van der Waals surface area contributed by atoms with Gasteiger partial charge < -0.3 is 10.1 Å². The van der Waals surface area contributed by atoms with Crippen LogP contribution >= 0.6 is 11.6 Å². The molecule has 1 atom stereocenters. The van der Waals surface area contributed by atoms with E-state index in [0.717, 1.165) is 22.0 Å². The number of nitrogens with zero attached hydrogens (tertiary/aromatic N) is 1. The number of esters is 1. The number of benzene rings is 2. The summed E-state index contributed by atoms with van der Waals surface area (Å²) in [4.78, 5) is 29.0. The van der Waals surface area contributed by atoms with Crippen molar-refractivity contribution < 1.29 is 14.3 Å². The normalized spacial score (nSPS) is 11.9. The number of ether oxygens (including phenoxy) is 1. The summed E-state index contributed by atoms with van der Waals surface area (Å²) in [5.41, 5.74) is 3.73. The van der Waals surface area contributed by atoms with Crippen LogP contribution in [0.1, 0.15) is 40.1 Å². The van der Waals surface area contributed by atoms with Crippen molar-refractivity contribution in [3.05, 3.63) is 75.9 Å². The second-order valence-corrected chi connectivity index (χ2v) is 7.17. The summed E-state index contributed by atoms with van der Waals surface area (Å²) in [6, 6.07) is 14.6. The number of amides is 1. The van der Waals surface area contributed by atoms with Gasteiger partial charge in [-0.05, 0) is 56.7 Å². The molecule has 3 rings (SSSR count). The third kappa shape index (κ3) is 4.67. The molecule has 5 nitrogen and oxygen atoms in total. The minimum absolute atomic E-state index is 0.226. The van der Waals surface area contributed by atoms with Gasteiger partial charge in [-0.15, -0.1) is 0 Å². The van der Waals surface area contributed by atoms with E-state index in [4.69, 9.17) is 16.3 Å². The number of fused-ring (bicyclic) bond motifs is 1. The van der Waals surface area contributed by atoms with Gasteiger partial charge in [0.2, 0.25) is 0 Å². The molecule has 0 aliphatic carbocycles. The first-order valence-electron chi connectivity index (χ1n) is 8.93. The molecule has 2 aromatic carbocycles. The van der Waals surface area contributed by atoms with Crippen molar-refractivity contribution in [1.82, 2.24) is 10.3 Å². The van der Waals surface area contributed by atoms with Gasteiger partial charge in [0.25, 0.3) is 5.91 Å². The van der Waals surface area contributed by atoms with Gasteiger partial charge in [0, 0.05) is 10.4 Å². The number of carbonyl (C=O) groups excluding carboxylic acids is 2. The van der Waals surface area contributed by atoms with Crippen molar-refractivity contribution in [3.8, 4) is 0 Å². The number of aromatic nitrogens is 1. The van der Waals surface area contributed by atoms with Gasteiger partial charge in [0.1, 0.15) is 0 Å². The Bertz CT molecular complexity index is 1030. The van der Waals surface area contributed by atoms with Gasteiger partial charge in [-0.25, -0.2) is 4.79 Å². The second-order valence-electron chi connectivity index (χ2n) is 6.73. The third-order valence-corrected chi connectivity index (χ3v) is 4.71. The minimum atomic E-state index is -0.567. The average Bonchev–Trinajstić information content (AvgIpc) is 2.66. The number of pyridine rings is 1. The number of hydrogen-bond acceptors (Lipinski definition) is 4. The molecule has 28 heavy (non-hydrogen) atoms. The molecule has 1 N–H and O–H groups in total. The smallest absolute Gasteiger partial charge is 0.340 e. The van der Waals surface area contributed by atoms with Gasteiger partial charge >= 0.3 is 5.97 Å². The summed E-state index contributed by atoms with van der Waals surface area (Å²) < 4.78 is 5.19. The minimum Gasteiger partial charge on any atom is -0.452 e. The fraction of sp³-hybridized carbons (Fsp3) is 0.227. The van der Waals surface area contributed by atoms with Crippen LogP contribution in [0.5, 0.6) is 0 Å². The Kier molecular flexibility index (Phi) is 5.95. The number of carbonyl (C=O) groups is 2. The maximum absolute atomic E-state index is 12.4. The van der Waals surface area contributed by atoms with Crippen molar-refractivity contribution >= 4 is 34.4 Å².